The molecule has 0 saturated carbocycles. The number of nitrogens with zero attached hydrogens (tertiary/aromatic N) is 4. The molecule has 6 nitrogen and oxygen atoms in total. The van der Waals surface area contributed by atoms with Gasteiger partial charge in [-0.2, -0.15) is 0 Å². The summed E-state index contributed by atoms with van der Waals surface area (Å²) in [5.41, 5.74) is 0. The number of hydrogen-bond donors (Lipinski definition) is 2. The molecule has 0 atom stereocenters. The van der Waals surface area contributed by atoms with Crippen molar-refractivity contribution in [2.45, 2.75) is 119 Å². The Hall–Kier alpha value is -0.421. The zero-order chi connectivity index (χ0) is 20.9. The number of rotatable bonds is 6. The van der Waals surface area contributed by atoms with Crippen molar-refractivity contribution in [3.05, 3.63) is 10.6 Å². The topological polar surface area (TPSA) is 77.0 Å². The van der Waals surface area contributed by atoms with E-state index >= 15 is 0 Å². The van der Waals surface area contributed by atoms with Gasteiger partial charge in [0.1, 0.15) is 0 Å². The minimum Gasteiger partial charge on any atom is -0.437 e. The average Bonchev–Trinajstić information content (AvgIpc) is 2.33. The Morgan fingerprint density at radius 1 is 0.536 bits per heavy atom. The molecule has 0 fully saturated rings. The Labute approximate surface area is 196 Å². The van der Waals surface area contributed by atoms with Crippen molar-refractivity contribution >= 4 is 11.9 Å². The summed E-state index contributed by atoms with van der Waals surface area (Å²) in [4.78, 5) is 8.79. The molecule has 0 aliphatic rings. The molecule has 0 spiro atoms. The number of guanidine groups is 2. The van der Waals surface area contributed by atoms with Crippen LogP contribution in [-0.2, 0) is 34.1 Å². The smallest absolute Gasteiger partial charge is 0.437 e. The van der Waals surface area contributed by atoms with Crippen LogP contribution in [-0.4, -0.2) is 48.2 Å². The molecule has 0 unspecified atom stereocenters. The molecule has 0 aromatic heterocycles. The average molecular weight is 496 g/mol. The Kier molecular flexibility index (Phi) is 24.9. The second-order valence-electron chi connectivity index (χ2n) is 8.14. The first-order valence-electron chi connectivity index (χ1n) is 9.93. The first-order valence-corrected chi connectivity index (χ1v) is 9.93. The van der Waals surface area contributed by atoms with Crippen LogP contribution in [0.15, 0.2) is 9.98 Å². The Bertz CT molecular complexity index is 344. The van der Waals surface area contributed by atoms with Gasteiger partial charge in [-0.1, -0.05) is 83.1 Å². The van der Waals surface area contributed by atoms with Crippen molar-refractivity contribution in [1.29, 1.82) is 0 Å². The molecule has 0 heterocycles. The van der Waals surface area contributed by atoms with E-state index in [1.807, 2.05) is 0 Å². The van der Waals surface area contributed by atoms with Gasteiger partial charge >= 0.3 is 34.1 Å². The third kappa shape index (κ3) is 27.8. The first-order chi connectivity index (χ1) is 11.8. The van der Waals surface area contributed by atoms with Gasteiger partial charge in [0.05, 0.1) is 0 Å². The Morgan fingerprint density at radius 3 is 0.929 bits per heavy atom. The Morgan fingerprint density at radius 2 is 0.786 bits per heavy atom. The van der Waals surface area contributed by atoms with Gasteiger partial charge in [-0.05, 0) is 36.3 Å². The van der Waals surface area contributed by atoms with E-state index in [1.165, 1.54) is 0 Å². The zero-order valence-electron chi connectivity index (χ0n) is 19.9. The molecule has 0 aromatic rings. The SMILES string of the molecule is CC(C)N=C([N-]C(C)C)NC(C)C.CC(C)N=C([N-]C(C)C)NC(C)C.[Cu+].[Cu+]. The normalized spacial score (nSPS) is 11.9. The van der Waals surface area contributed by atoms with Crippen LogP contribution in [0.25, 0.3) is 10.6 Å². The molecule has 8 heteroatoms. The standard InChI is InChI=1S/2C10H22N3.2Cu/c2*1-7(2)11-10(12-8(3)4)13-9(5)6;;/h2*7-9H,1-6H3,(H-,11,12,13);;/q2*-1;2*+1. The van der Waals surface area contributed by atoms with Crippen LogP contribution in [0, 0.1) is 0 Å². The number of nitrogens with one attached hydrogen (secondary N) is 2. The summed E-state index contributed by atoms with van der Waals surface area (Å²) in [6.45, 7) is 24.8. The fourth-order valence-electron chi connectivity index (χ4n) is 1.71. The van der Waals surface area contributed by atoms with Crippen LogP contribution in [0.2, 0.25) is 0 Å². The molecule has 28 heavy (non-hydrogen) atoms. The molecule has 0 radical (unpaired) electrons. The fraction of sp³-hybridized carbons (Fsp3) is 0.900. The minimum absolute atomic E-state index is 0. The zero-order valence-corrected chi connectivity index (χ0v) is 21.7. The third-order valence-electron chi connectivity index (χ3n) is 2.36. The Balaban J connectivity index is -0.000000192. The van der Waals surface area contributed by atoms with Gasteiger partial charge in [0.25, 0.3) is 0 Å². The molecular weight excluding hydrogens is 451 g/mol. The van der Waals surface area contributed by atoms with Crippen LogP contribution < -0.4 is 10.6 Å². The van der Waals surface area contributed by atoms with E-state index in [1.54, 1.807) is 0 Å². The van der Waals surface area contributed by atoms with Gasteiger partial charge < -0.3 is 31.3 Å². The van der Waals surface area contributed by atoms with Gasteiger partial charge in [-0.3, -0.25) is 0 Å². The van der Waals surface area contributed by atoms with Crippen LogP contribution in [0.1, 0.15) is 83.1 Å². The quantitative estimate of drug-likeness (QED) is 0.307. The molecule has 2 N–H and O–H groups in total. The maximum atomic E-state index is 4.40. The molecule has 0 aliphatic heterocycles. The molecule has 0 bridgehead atoms. The van der Waals surface area contributed by atoms with Crippen molar-refractivity contribution in [1.82, 2.24) is 10.6 Å². The second-order valence-corrected chi connectivity index (χ2v) is 8.14. The molecule has 0 amide bonds. The third-order valence-corrected chi connectivity index (χ3v) is 2.36. The van der Waals surface area contributed by atoms with Crippen LogP contribution in [0.4, 0.5) is 0 Å². The van der Waals surface area contributed by atoms with E-state index < -0.39 is 0 Å². The maximum Gasteiger partial charge on any atom is 1.00 e. The molecule has 0 saturated heterocycles. The molecular formula is C20H44Cu2N6. The van der Waals surface area contributed by atoms with E-state index in [0.29, 0.717) is 36.3 Å². The van der Waals surface area contributed by atoms with E-state index in [0.717, 1.165) is 11.9 Å². The van der Waals surface area contributed by atoms with Crippen LogP contribution in [0.5, 0.6) is 0 Å². The van der Waals surface area contributed by atoms with Crippen molar-refractivity contribution in [3.8, 4) is 0 Å². The molecule has 0 rings (SSSR count). The van der Waals surface area contributed by atoms with Gasteiger partial charge in [0.15, 0.2) is 0 Å². The fourth-order valence-corrected chi connectivity index (χ4v) is 1.71. The van der Waals surface area contributed by atoms with Crippen molar-refractivity contribution in [2.24, 2.45) is 9.98 Å². The second kappa shape index (κ2) is 19.9. The van der Waals surface area contributed by atoms with Gasteiger partial charge in [0, 0.05) is 11.9 Å². The maximum absolute atomic E-state index is 4.40. The van der Waals surface area contributed by atoms with E-state index in [-0.39, 0.29) is 34.1 Å². The van der Waals surface area contributed by atoms with E-state index in [2.05, 4.69) is 114 Å². The summed E-state index contributed by atoms with van der Waals surface area (Å²) in [7, 11) is 0. The van der Waals surface area contributed by atoms with Crippen LogP contribution in [0.3, 0.4) is 0 Å². The number of hydrogen-bond acceptors (Lipinski definition) is 2. The summed E-state index contributed by atoms with van der Waals surface area (Å²) in [5, 5.41) is 15.2. The van der Waals surface area contributed by atoms with Gasteiger partial charge in [-0.15, -0.1) is 0 Å². The summed E-state index contributed by atoms with van der Waals surface area (Å²) in [5.74, 6) is 1.56. The minimum atomic E-state index is 0. The molecule has 0 aliphatic carbocycles. The number of aliphatic imine (C=N–C) groups is 2. The summed E-state index contributed by atoms with van der Waals surface area (Å²) >= 11 is 0. The van der Waals surface area contributed by atoms with Crippen molar-refractivity contribution in [2.75, 3.05) is 0 Å². The van der Waals surface area contributed by atoms with Gasteiger partial charge in [-0.25, -0.2) is 0 Å². The summed E-state index contributed by atoms with van der Waals surface area (Å²) in [6, 6.07) is 1.96. The molecule has 176 valence electrons. The van der Waals surface area contributed by atoms with E-state index in [4.69, 9.17) is 0 Å². The monoisotopic (exact) mass is 494 g/mol. The largest absolute Gasteiger partial charge is 1.00 e. The summed E-state index contributed by atoms with van der Waals surface area (Å²) < 4.78 is 0. The van der Waals surface area contributed by atoms with Crippen LogP contribution >= 0.6 is 0 Å². The summed E-state index contributed by atoms with van der Waals surface area (Å²) in [6.07, 6.45) is 0. The van der Waals surface area contributed by atoms with Crippen molar-refractivity contribution in [3.63, 3.8) is 0 Å². The predicted molar refractivity (Wildman–Crippen MR) is 119 cm³/mol. The van der Waals surface area contributed by atoms with Crippen molar-refractivity contribution < 1.29 is 34.1 Å². The predicted octanol–water partition coefficient (Wildman–Crippen LogP) is 5.06. The van der Waals surface area contributed by atoms with Gasteiger partial charge in [0.2, 0.25) is 0 Å². The van der Waals surface area contributed by atoms with E-state index in [9.17, 15) is 0 Å². The molecule has 0 aromatic carbocycles. The first kappa shape index (κ1) is 35.0.